The largest absolute Gasteiger partial charge is 0.573 e. The van der Waals surface area contributed by atoms with Gasteiger partial charge in [0.05, 0.1) is 0 Å². The highest BCUT2D eigenvalue weighted by Crippen LogP contribution is 2.32. The second-order valence-electron chi connectivity index (χ2n) is 9.27. The van der Waals surface area contributed by atoms with Gasteiger partial charge in [0.1, 0.15) is 23.0 Å². The zero-order valence-electron chi connectivity index (χ0n) is 20.0. The van der Waals surface area contributed by atoms with Gasteiger partial charge >= 0.3 is 6.36 Å². The van der Waals surface area contributed by atoms with Crippen LogP contribution in [0.3, 0.4) is 0 Å². The Balaban J connectivity index is 1.44. The number of hydrogen-bond acceptors (Lipinski definition) is 5. The number of imidazole rings is 1. The molecule has 0 spiro atoms. The molecule has 0 aliphatic carbocycles. The Kier molecular flexibility index (Phi) is 6.70. The Hall–Kier alpha value is -3.40. The van der Waals surface area contributed by atoms with Crippen LogP contribution in [0, 0.1) is 0 Å². The number of hydrogen-bond donors (Lipinski definition) is 0. The third-order valence-corrected chi connectivity index (χ3v) is 7.01. The molecule has 36 heavy (non-hydrogen) atoms. The van der Waals surface area contributed by atoms with Crippen LogP contribution in [0.4, 0.5) is 13.2 Å². The molecule has 7 nitrogen and oxygen atoms in total. The Morgan fingerprint density at radius 3 is 2.19 bits per heavy atom. The van der Waals surface area contributed by atoms with E-state index in [4.69, 9.17) is 4.98 Å². The summed E-state index contributed by atoms with van der Waals surface area (Å²) in [6.45, 7) is 3.64. The molecule has 190 valence electrons. The maximum absolute atomic E-state index is 13.8. The summed E-state index contributed by atoms with van der Waals surface area (Å²) in [6.07, 6.45) is 2.90. The molecule has 0 unspecified atom stereocenters. The van der Waals surface area contributed by atoms with E-state index in [0.29, 0.717) is 41.9 Å². The van der Waals surface area contributed by atoms with Gasteiger partial charge in [0.2, 0.25) is 0 Å². The lowest BCUT2D eigenvalue weighted by atomic mass is 10.0. The minimum atomic E-state index is -4.76. The maximum Gasteiger partial charge on any atom is 0.573 e. The molecule has 2 aliphatic heterocycles. The monoisotopic (exact) mass is 499 g/mol. The highest BCUT2D eigenvalue weighted by atomic mass is 19.4. The van der Waals surface area contributed by atoms with Crippen LogP contribution in [0.25, 0.3) is 22.6 Å². The fourth-order valence-electron chi connectivity index (χ4n) is 5.21. The molecule has 2 aliphatic rings. The molecule has 0 radical (unpaired) electrons. The number of nitrogens with zero attached hydrogens (tertiary/aromatic N) is 5. The van der Waals surface area contributed by atoms with E-state index in [1.54, 1.807) is 36.1 Å². The minimum Gasteiger partial charge on any atom is -0.406 e. The Labute approximate surface area is 207 Å². The molecule has 4 heterocycles. The van der Waals surface area contributed by atoms with Gasteiger partial charge in [-0.1, -0.05) is 0 Å². The second kappa shape index (κ2) is 9.93. The van der Waals surface area contributed by atoms with Crippen LogP contribution in [0.15, 0.2) is 48.8 Å². The number of alkyl halides is 3. The van der Waals surface area contributed by atoms with Crippen LogP contribution in [0.2, 0.25) is 0 Å². The summed E-state index contributed by atoms with van der Waals surface area (Å²) in [5.41, 5.74) is 2.30. The van der Waals surface area contributed by atoms with Crippen LogP contribution >= 0.6 is 0 Å². The van der Waals surface area contributed by atoms with E-state index in [1.807, 2.05) is 4.90 Å². The maximum atomic E-state index is 13.8. The highest BCUT2D eigenvalue weighted by Gasteiger charge is 2.33. The lowest BCUT2D eigenvalue weighted by Gasteiger charge is -2.36. The van der Waals surface area contributed by atoms with Gasteiger partial charge in [0.15, 0.2) is 0 Å². The first-order valence-electron chi connectivity index (χ1n) is 12.2. The molecule has 2 aromatic heterocycles. The number of aromatic nitrogens is 3. The van der Waals surface area contributed by atoms with Crippen molar-refractivity contribution >= 4 is 5.91 Å². The molecule has 1 aromatic carbocycles. The van der Waals surface area contributed by atoms with Crippen LogP contribution in [-0.2, 0) is 7.05 Å². The van der Waals surface area contributed by atoms with Gasteiger partial charge in [-0.3, -0.25) is 9.78 Å². The van der Waals surface area contributed by atoms with Crippen molar-refractivity contribution in [2.45, 2.75) is 38.1 Å². The van der Waals surface area contributed by atoms with Crippen LogP contribution in [0.1, 0.15) is 36.2 Å². The first kappa shape index (κ1) is 24.3. The minimum absolute atomic E-state index is 0.0973. The van der Waals surface area contributed by atoms with Gasteiger partial charge in [-0.15, -0.1) is 13.2 Å². The van der Waals surface area contributed by atoms with Gasteiger partial charge in [-0.05, 0) is 75.2 Å². The van der Waals surface area contributed by atoms with Gasteiger partial charge < -0.3 is 19.1 Å². The number of pyridine rings is 1. The van der Waals surface area contributed by atoms with Gasteiger partial charge in [-0.2, -0.15) is 0 Å². The van der Waals surface area contributed by atoms with Crippen molar-refractivity contribution < 1.29 is 22.7 Å². The molecule has 0 N–H and O–H groups in total. The Bertz CT molecular complexity index is 1200. The van der Waals surface area contributed by atoms with E-state index in [2.05, 4.69) is 14.6 Å². The van der Waals surface area contributed by atoms with Crippen LogP contribution < -0.4 is 4.74 Å². The fraction of sp³-hybridized carbons (Fsp3) is 0.423. The zero-order valence-corrected chi connectivity index (χ0v) is 20.0. The standard InChI is InChI=1S/C26H28F3N5O2/c1-32-23(25(35)34-16-10-20(11-17-34)33-14-2-3-15-33)22(18-8-12-30-13-9-18)31-24(32)19-4-6-21(7-5-19)36-26(27,28)29/h4-9,12-13,20H,2-3,10-11,14-17H2,1H3. The number of halogens is 3. The van der Waals surface area contributed by atoms with E-state index in [0.717, 1.165) is 31.5 Å². The Morgan fingerprint density at radius 2 is 1.58 bits per heavy atom. The van der Waals surface area contributed by atoms with E-state index in [1.165, 1.54) is 37.1 Å². The van der Waals surface area contributed by atoms with Crippen molar-refractivity contribution in [1.82, 2.24) is 24.3 Å². The van der Waals surface area contributed by atoms with Crippen molar-refractivity contribution in [1.29, 1.82) is 0 Å². The average Bonchev–Trinajstić information content (AvgIpc) is 3.52. The van der Waals surface area contributed by atoms with Gasteiger partial charge in [0, 0.05) is 49.7 Å². The topological polar surface area (TPSA) is 63.5 Å². The van der Waals surface area contributed by atoms with Crippen molar-refractivity contribution in [2.24, 2.45) is 7.05 Å². The number of amides is 1. The number of benzene rings is 1. The number of carbonyl (C=O) groups is 1. The molecule has 0 bridgehead atoms. The molecule has 3 aromatic rings. The van der Waals surface area contributed by atoms with Gasteiger partial charge in [-0.25, -0.2) is 4.98 Å². The number of likely N-dealkylation sites (tertiary alicyclic amines) is 2. The molecule has 2 saturated heterocycles. The lowest BCUT2D eigenvalue weighted by Crippen LogP contribution is -2.46. The first-order valence-corrected chi connectivity index (χ1v) is 12.2. The van der Waals surface area contributed by atoms with E-state index in [-0.39, 0.29) is 11.7 Å². The van der Waals surface area contributed by atoms with Gasteiger partial charge in [0.25, 0.3) is 5.91 Å². The SMILES string of the molecule is Cn1c(-c2ccc(OC(F)(F)F)cc2)nc(-c2ccncc2)c1C(=O)N1CCC(N2CCCC2)CC1. The smallest absolute Gasteiger partial charge is 0.406 e. The third-order valence-electron chi connectivity index (χ3n) is 7.01. The summed E-state index contributed by atoms with van der Waals surface area (Å²) in [5, 5.41) is 0. The first-order chi connectivity index (χ1) is 17.3. The van der Waals surface area contributed by atoms with E-state index < -0.39 is 6.36 Å². The molecule has 10 heteroatoms. The Morgan fingerprint density at radius 1 is 0.944 bits per heavy atom. The third kappa shape index (κ3) is 5.09. The predicted octanol–water partition coefficient (Wildman–Crippen LogP) is 4.75. The molecule has 0 atom stereocenters. The molecule has 0 saturated carbocycles. The molecule has 2 fully saturated rings. The second-order valence-corrected chi connectivity index (χ2v) is 9.27. The number of ether oxygens (including phenoxy) is 1. The van der Waals surface area contributed by atoms with Crippen LogP contribution in [0.5, 0.6) is 5.75 Å². The molecule has 1 amide bonds. The number of piperidine rings is 1. The molecular weight excluding hydrogens is 471 g/mol. The predicted molar refractivity (Wildman–Crippen MR) is 128 cm³/mol. The summed E-state index contributed by atoms with van der Waals surface area (Å²) in [7, 11) is 1.76. The van der Waals surface area contributed by atoms with Crippen molar-refractivity contribution in [3.05, 3.63) is 54.5 Å². The fourth-order valence-corrected chi connectivity index (χ4v) is 5.21. The molecule has 5 rings (SSSR count). The van der Waals surface area contributed by atoms with Crippen molar-refractivity contribution in [2.75, 3.05) is 26.2 Å². The van der Waals surface area contributed by atoms with Crippen molar-refractivity contribution in [3.63, 3.8) is 0 Å². The molecular formula is C26H28F3N5O2. The summed E-state index contributed by atoms with van der Waals surface area (Å²) in [4.78, 5) is 27.0. The quantitative estimate of drug-likeness (QED) is 0.507. The summed E-state index contributed by atoms with van der Waals surface area (Å²) >= 11 is 0. The van der Waals surface area contributed by atoms with E-state index in [9.17, 15) is 18.0 Å². The highest BCUT2D eigenvalue weighted by molar-refractivity contribution is 5.99. The lowest BCUT2D eigenvalue weighted by molar-refractivity contribution is -0.274. The normalized spacial score (nSPS) is 17.5. The summed E-state index contributed by atoms with van der Waals surface area (Å²) in [6, 6.07) is 9.62. The number of rotatable bonds is 5. The summed E-state index contributed by atoms with van der Waals surface area (Å²) < 4.78 is 43.4. The summed E-state index contributed by atoms with van der Waals surface area (Å²) in [5.74, 6) is 0.0719. The van der Waals surface area contributed by atoms with Crippen LogP contribution in [-0.4, -0.2) is 68.8 Å². The van der Waals surface area contributed by atoms with E-state index >= 15 is 0 Å². The zero-order chi connectivity index (χ0) is 25.3. The number of carbonyl (C=O) groups excluding carboxylic acids is 1. The van der Waals surface area contributed by atoms with Crippen molar-refractivity contribution in [3.8, 4) is 28.4 Å². The average molecular weight is 500 g/mol.